The summed E-state index contributed by atoms with van der Waals surface area (Å²) in [6.45, 7) is 6.62. The highest BCUT2D eigenvalue weighted by Crippen LogP contribution is 2.18. The fourth-order valence-electron chi connectivity index (χ4n) is 2.46. The van der Waals surface area contributed by atoms with Crippen molar-refractivity contribution in [3.63, 3.8) is 0 Å². The summed E-state index contributed by atoms with van der Waals surface area (Å²) in [6.07, 6.45) is 16.6. The number of carboxylic acids is 1. The van der Waals surface area contributed by atoms with Crippen LogP contribution < -0.4 is 0 Å². The number of rotatable bonds is 12. The van der Waals surface area contributed by atoms with Gasteiger partial charge in [-0.3, -0.25) is 0 Å². The van der Waals surface area contributed by atoms with Crippen LogP contribution in [0.2, 0.25) is 0 Å². The van der Waals surface area contributed by atoms with Crippen molar-refractivity contribution in [3.05, 3.63) is 23.8 Å². The Labute approximate surface area is 125 Å². The van der Waals surface area contributed by atoms with Crippen LogP contribution in [0.3, 0.4) is 0 Å². The zero-order chi connectivity index (χ0) is 15.2. The van der Waals surface area contributed by atoms with E-state index in [4.69, 9.17) is 5.11 Å². The summed E-state index contributed by atoms with van der Waals surface area (Å²) >= 11 is 0. The molecule has 0 spiro atoms. The molecule has 0 aromatic rings. The highest BCUT2D eigenvalue weighted by molar-refractivity contribution is 5.80. The molecule has 1 N–H and O–H groups in total. The van der Waals surface area contributed by atoms with Gasteiger partial charge in [-0.2, -0.15) is 0 Å². The van der Waals surface area contributed by atoms with Gasteiger partial charge in [-0.05, 0) is 19.3 Å². The van der Waals surface area contributed by atoms with Gasteiger partial charge in [0.05, 0.1) is 0 Å². The average Bonchev–Trinajstić information content (AvgIpc) is 2.37. The number of carboxylic acid groups (broad SMARTS) is 1. The largest absolute Gasteiger partial charge is 0.478 e. The Balaban J connectivity index is 3.62. The van der Waals surface area contributed by atoms with Crippen LogP contribution in [0, 0.1) is 5.92 Å². The monoisotopic (exact) mass is 280 g/mol. The van der Waals surface area contributed by atoms with E-state index in [9.17, 15) is 4.79 Å². The summed E-state index contributed by atoms with van der Waals surface area (Å²) in [4.78, 5) is 10.4. The molecule has 0 heterocycles. The second-order valence-electron chi connectivity index (χ2n) is 5.93. The molecule has 0 aromatic heterocycles. The van der Waals surface area contributed by atoms with E-state index in [1.807, 2.05) is 6.08 Å². The molecule has 0 amide bonds. The molecule has 0 aliphatic heterocycles. The molecule has 0 aromatic carbocycles. The van der Waals surface area contributed by atoms with Crippen molar-refractivity contribution in [1.29, 1.82) is 0 Å². The third-order valence-electron chi connectivity index (χ3n) is 3.59. The molecule has 0 bridgehead atoms. The highest BCUT2D eigenvalue weighted by atomic mass is 16.4. The first-order chi connectivity index (χ1) is 9.56. The molecule has 1 atom stereocenters. The quantitative estimate of drug-likeness (QED) is 0.281. The minimum absolute atomic E-state index is 0.695. The minimum Gasteiger partial charge on any atom is -0.478 e. The Morgan fingerprint density at radius 1 is 1.10 bits per heavy atom. The van der Waals surface area contributed by atoms with E-state index in [0.717, 1.165) is 6.42 Å². The number of allylic oxidation sites excluding steroid dienone is 3. The number of hydrogen-bond acceptors (Lipinski definition) is 1. The van der Waals surface area contributed by atoms with Crippen LogP contribution in [0.25, 0.3) is 0 Å². The van der Waals surface area contributed by atoms with Gasteiger partial charge >= 0.3 is 5.97 Å². The molecule has 0 saturated carbocycles. The van der Waals surface area contributed by atoms with Crippen LogP contribution in [0.5, 0.6) is 0 Å². The van der Waals surface area contributed by atoms with Crippen LogP contribution in [0.15, 0.2) is 23.8 Å². The van der Waals surface area contributed by atoms with E-state index in [1.165, 1.54) is 63.0 Å². The highest BCUT2D eigenvalue weighted by Gasteiger charge is 2.02. The Bertz CT molecular complexity index is 303. The van der Waals surface area contributed by atoms with Gasteiger partial charge in [0, 0.05) is 6.08 Å². The molecule has 0 radical (unpaired) electrons. The van der Waals surface area contributed by atoms with Crippen molar-refractivity contribution in [3.8, 4) is 0 Å². The van der Waals surface area contributed by atoms with E-state index < -0.39 is 5.97 Å². The van der Waals surface area contributed by atoms with Gasteiger partial charge in [0.2, 0.25) is 0 Å². The fourth-order valence-corrected chi connectivity index (χ4v) is 2.46. The lowest BCUT2D eigenvalue weighted by Crippen LogP contribution is -1.96. The SMILES string of the molecule is CCCCCCCCC[C@H](C)C/C(C)=C/C=C/C(=O)O. The maximum Gasteiger partial charge on any atom is 0.328 e. The Morgan fingerprint density at radius 3 is 2.30 bits per heavy atom. The fraction of sp³-hybridized carbons (Fsp3) is 0.722. The maximum atomic E-state index is 10.4. The van der Waals surface area contributed by atoms with Crippen molar-refractivity contribution in [2.75, 3.05) is 0 Å². The molecule has 0 rings (SSSR count). The van der Waals surface area contributed by atoms with Gasteiger partial charge in [-0.25, -0.2) is 4.79 Å². The molecule has 116 valence electrons. The van der Waals surface area contributed by atoms with Crippen LogP contribution in [0.1, 0.15) is 78.6 Å². The lowest BCUT2D eigenvalue weighted by Gasteiger charge is -2.11. The third kappa shape index (κ3) is 13.4. The first kappa shape index (κ1) is 18.9. The predicted octanol–water partition coefficient (Wildman–Crippen LogP) is 5.74. The molecular formula is C18H32O2. The third-order valence-corrected chi connectivity index (χ3v) is 3.59. The summed E-state index contributed by atoms with van der Waals surface area (Å²) in [5.74, 6) is -0.190. The van der Waals surface area contributed by atoms with Crippen molar-refractivity contribution in [1.82, 2.24) is 0 Å². The Morgan fingerprint density at radius 2 is 1.70 bits per heavy atom. The smallest absolute Gasteiger partial charge is 0.328 e. The summed E-state index contributed by atoms with van der Waals surface area (Å²) < 4.78 is 0. The van der Waals surface area contributed by atoms with Crippen LogP contribution >= 0.6 is 0 Å². The first-order valence-corrected chi connectivity index (χ1v) is 8.13. The number of unbranched alkanes of at least 4 members (excludes halogenated alkanes) is 6. The molecule has 20 heavy (non-hydrogen) atoms. The van der Waals surface area contributed by atoms with Crippen LogP contribution in [-0.2, 0) is 4.79 Å². The summed E-state index contributed by atoms with van der Waals surface area (Å²) in [6, 6.07) is 0. The molecule has 0 aliphatic rings. The molecule has 0 saturated heterocycles. The number of hydrogen-bond donors (Lipinski definition) is 1. The second kappa shape index (κ2) is 13.0. The van der Waals surface area contributed by atoms with Crippen molar-refractivity contribution in [2.45, 2.75) is 78.6 Å². The first-order valence-electron chi connectivity index (χ1n) is 8.13. The number of carbonyl (C=O) groups is 1. The zero-order valence-corrected chi connectivity index (χ0v) is 13.5. The van der Waals surface area contributed by atoms with E-state index in [2.05, 4.69) is 20.8 Å². The summed E-state index contributed by atoms with van der Waals surface area (Å²) in [5, 5.41) is 8.51. The van der Waals surface area contributed by atoms with E-state index >= 15 is 0 Å². The van der Waals surface area contributed by atoms with Crippen molar-refractivity contribution < 1.29 is 9.90 Å². The average molecular weight is 280 g/mol. The lowest BCUT2D eigenvalue weighted by atomic mass is 9.95. The summed E-state index contributed by atoms with van der Waals surface area (Å²) in [7, 11) is 0. The molecule has 2 heteroatoms. The van der Waals surface area contributed by atoms with Gasteiger partial charge in [0.25, 0.3) is 0 Å². The predicted molar refractivity (Wildman–Crippen MR) is 86.9 cm³/mol. The van der Waals surface area contributed by atoms with Gasteiger partial charge in [0.15, 0.2) is 0 Å². The lowest BCUT2D eigenvalue weighted by molar-refractivity contribution is -0.131. The molecule has 2 nitrogen and oxygen atoms in total. The van der Waals surface area contributed by atoms with Gasteiger partial charge < -0.3 is 5.11 Å². The van der Waals surface area contributed by atoms with E-state index in [0.29, 0.717) is 5.92 Å². The van der Waals surface area contributed by atoms with Gasteiger partial charge in [-0.15, -0.1) is 0 Å². The van der Waals surface area contributed by atoms with Gasteiger partial charge in [-0.1, -0.05) is 82.9 Å². The van der Waals surface area contributed by atoms with Crippen LogP contribution in [0.4, 0.5) is 0 Å². The molecular weight excluding hydrogens is 248 g/mol. The van der Waals surface area contributed by atoms with Crippen molar-refractivity contribution >= 4 is 5.97 Å². The van der Waals surface area contributed by atoms with Crippen molar-refractivity contribution in [2.24, 2.45) is 5.92 Å². The zero-order valence-electron chi connectivity index (χ0n) is 13.5. The standard InChI is InChI=1S/C18H32O2/c1-4-5-6-7-8-9-10-12-16(2)15-17(3)13-11-14-18(19)20/h11,13-14,16H,4-10,12,15H2,1-3H3,(H,19,20)/b14-11+,17-13+/t16-/m0/s1. The molecule has 0 fully saturated rings. The maximum absolute atomic E-state index is 10.4. The van der Waals surface area contributed by atoms with E-state index in [1.54, 1.807) is 6.08 Å². The second-order valence-corrected chi connectivity index (χ2v) is 5.93. The van der Waals surface area contributed by atoms with E-state index in [-0.39, 0.29) is 0 Å². The topological polar surface area (TPSA) is 37.3 Å². The Kier molecular flexibility index (Phi) is 12.3. The van der Waals surface area contributed by atoms with Gasteiger partial charge in [0.1, 0.15) is 0 Å². The molecule has 0 unspecified atom stereocenters. The minimum atomic E-state index is -0.884. The summed E-state index contributed by atoms with van der Waals surface area (Å²) in [5.41, 5.74) is 1.26. The number of aliphatic carboxylic acids is 1. The molecule has 0 aliphatic carbocycles. The Hall–Kier alpha value is -1.05. The van der Waals surface area contributed by atoms with Crippen LogP contribution in [-0.4, -0.2) is 11.1 Å². The normalized spacial score (nSPS) is 13.8.